The second kappa shape index (κ2) is 18.7. The van der Waals surface area contributed by atoms with Crippen molar-refractivity contribution in [2.45, 2.75) is 63.5 Å². The van der Waals surface area contributed by atoms with Gasteiger partial charge in [0.05, 0.1) is 35.8 Å². The number of nitrogens with zero attached hydrogens (tertiary/aromatic N) is 4. The lowest BCUT2D eigenvalue weighted by Gasteiger charge is -2.34. The second-order valence-corrected chi connectivity index (χ2v) is 19.2. The highest BCUT2D eigenvalue weighted by Crippen LogP contribution is 2.39. The predicted molar refractivity (Wildman–Crippen MR) is 236 cm³/mol. The Kier molecular flexibility index (Phi) is 13.2. The summed E-state index contributed by atoms with van der Waals surface area (Å²) in [6.07, 6.45) is 5.89. The largest absolute Gasteiger partial charge is 0.494 e. The molecular formula is C43H49ClN9O7P. The number of carbonyl (C=O) groups is 5. The van der Waals surface area contributed by atoms with Gasteiger partial charge < -0.3 is 35.5 Å². The topological polar surface area (TPSA) is 204 Å². The van der Waals surface area contributed by atoms with Gasteiger partial charge >= 0.3 is 0 Å². The van der Waals surface area contributed by atoms with Gasteiger partial charge in [0.2, 0.25) is 23.7 Å². The van der Waals surface area contributed by atoms with Gasteiger partial charge in [-0.25, -0.2) is 4.98 Å². The van der Waals surface area contributed by atoms with Crippen LogP contribution in [0, 0.1) is 0 Å². The molecule has 2 fully saturated rings. The number of methoxy groups -OCH3 is 1. The van der Waals surface area contributed by atoms with Crippen molar-refractivity contribution in [1.82, 2.24) is 25.5 Å². The second-order valence-electron chi connectivity index (χ2n) is 15.6. The molecular weight excluding hydrogens is 821 g/mol. The van der Waals surface area contributed by atoms with Crippen LogP contribution in [0.5, 0.6) is 5.75 Å². The average Bonchev–Trinajstić information content (AvgIpc) is 3.49. The molecule has 5 amide bonds. The minimum atomic E-state index is -2.57. The van der Waals surface area contributed by atoms with Gasteiger partial charge in [-0.1, -0.05) is 36.2 Å². The quantitative estimate of drug-likeness (QED) is 0.0497. The van der Waals surface area contributed by atoms with Crippen LogP contribution in [0.4, 0.5) is 34.5 Å². The molecule has 2 saturated heterocycles. The molecule has 4 aromatic rings. The zero-order chi connectivity index (χ0) is 43.3. The molecule has 3 aliphatic rings. The highest BCUT2D eigenvalue weighted by Gasteiger charge is 2.45. The maximum atomic E-state index is 13.3. The number of amides is 5. The summed E-state index contributed by atoms with van der Waals surface area (Å²) in [5, 5.41) is 16.1. The summed E-state index contributed by atoms with van der Waals surface area (Å²) in [6.45, 7) is 5.48. The summed E-state index contributed by atoms with van der Waals surface area (Å²) in [7, 11) is -0.968. The summed E-state index contributed by atoms with van der Waals surface area (Å²) in [6, 6.07) is 17.3. The molecule has 0 radical (unpaired) electrons. The number of para-hydroxylation sites is 1. The lowest BCUT2D eigenvalue weighted by molar-refractivity contribution is -0.136. The number of imide groups is 2. The van der Waals surface area contributed by atoms with Crippen molar-refractivity contribution in [3.8, 4) is 5.75 Å². The van der Waals surface area contributed by atoms with Gasteiger partial charge in [-0.3, -0.25) is 34.2 Å². The third kappa shape index (κ3) is 9.98. The maximum Gasteiger partial charge on any atom is 0.264 e. The standard InChI is InChI=1S/C43H49ClN9O7P/c1-60-34-24-27(15-16-30(34)49-43-46-25-29(44)39(51-43)48-31-11-6-7-13-35(31)61(2,3)59)52-22-19-26(20-23-52)47-36(54)14-5-4-8-21-45-32-12-9-10-28-38(32)42(58)53(41(28)57)33-17-18-37(55)50-40(33)56/h6-7,9-13,15-16,24-26,33,45H,4-5,8,14,17-23H2,1-3H3,(H,47,54)(H,50,55,56)(H2,46,48,49,51). The van der Waals surface area contributed by atoms with Crippen LogP contribution in [-0.4, -0.2) is 96.6 Å². The van der Waals surface area contributed by atoms with Crippen molar-refractivity contribution in [2.24, 2.45) is 0 Å². The molecule has 3 aromatic carbocycles. The molecule has 5 N–H and O–H groups in total. The number of unbranched alkanes of at least 4 members (excludes halogenated alkanes) is 2. The van der Waals surface area contributed by atoms with Gasteiger partial charge in [-0.2, -0.15) is 4.98 Å². The molecule has 1 aromatic heterocycles. The Morgan fingerprint density at radius 3 is 2.44 bits per heavy atom. The van der Waals surface area contributed by atoms with Crippen LogP contribution in [0.2, 0.25) is 5.02 Å². The first-order chi connectivity index (χ1) is 29.3. The van der Waals surface area contributed by atoms with Crippen molar-refractivity contribution in [3.63, 3.8) is 0 Å². The van der Waals surface area contributed by atoms with Crippen molar-refractivity contribution >= 4 is 88.1 Å². The first-order valence-electron chi connectivity index (χ1n) is 20.3. The first-order valence-corrected chi connectivity index (χ1v) is 23.3. The number of rotatable bonds is 16. The van der Waals surface area contributed by atoms with Crippen LogP contribution in [0.1, 0.15) is 72.1 Å². The molecule has 16 nitrogen and oxygen atoms in total. The Labute approximate surface area is 358 Å². The molecule has 1 atom stereocenters. The van der Waals surface area contributed by atoms with E-state index in [4.69, 9.17) is 16.3 Å². The van der Waals surface area contributed by atoms with Crippen LogP contribution in [0.3, 0.4) is 0 Å². The van der Waals surface area contributed by atoms with Crippen molar-refractivity contribution in [1.29, 1.82) is 0 Å². The molecule has 0 spiro atoms. The van der Waals surface area contributed by atoms with Gasteiger partial charge in [0.15, 0.2) is 5.82 Å². The molecule has 61 heavy (non-hydrogen) atoms. The number of nitrogens with one attached hydrogen (secondary N) is 5. The molecule has 320 valence electrons. The molecule has 0 bridgehead atoms. The van der Waals surface area contributed by atoms with E-state index in [9.17, 15) is 28.5 Å². The lowest BCUT2D eigenvalue weighted by Crippen LogP contribution is -2.54. The van der Waals surface area contributed by atoms with E-state index in [0.717, 1.165) is 49.4 Å². The third-order valence-corrected chi connectivity index (χ3v) is 12.8. The zero-order valence-corrected chi connectivity index (χ0v) is 35.9. The monoisotopic (exact) mass is 869 g/mol. The van der Waals surface area contributed by atoms with Gasteiger partial charge in [0.1, 0.15) is 24.0 Å². The summed E-state index contributed by atoms with van der Waals surface area (Å²) < 4.78 is 18.6. The van der Waals surface area contributed by atoms with E-state index in [1.54, 1.807) is 38.6 Å². The zero-order valence-electron chi connectivity index (χ0n) is 34.3. The van der Waals surface area contributed by atoms with Crippen molar-refractivity contribution in [2.75, 3.05) is 60.9 Å². The molecule has 4 heterocycles. The van der Waals surface area contributed by atoms with Crippen molar-refractivity contribution in [3.05, 3.63) is 83.0 Å². The molecule has 3 aliphatic heterocycles. The average molecular weight is 870 g/mol. The number of carbonyl (C=O) groups excluding carboxylic acids is 5. The minimum absolute atomic E-state index is 0.0183. The number of piperidine rings is 2. The number of hydrogen-bond donors (Lipinski definition) is 5. The van der Waals surface area contributed by atoms with Crippen LogP contribution in [0.25, 0.3) is 0 Å². The maximum absolute atomic E-state index is 13.3. The summed E-state index contributed by atoms with van der Waals surface area (Å²) in [5.74, 6) is -0.865. The van der Waals surface area contributed by atoms with Crippen LogP contribution >= 0.6 is 18.7 Å². The number of fused-ring (bicyclic) bond motifs is 1. The minimum Gasteiger partial charge on any atom is -0.494 e. The SMILES string of the molecule is COc1cc(N2CCC(NC(=O)CCCCCNc3cccc4c3C(=O)N(C3CCC(=O)NC3=O)C4=O)CC2)ccc1Nc1ncc(Cl)c(Nc2ccccc2P(C)(C)=O)n1. The Bertz CT molecular complexity index is 2400. The van der Waals surface area contributed by atoms with Gasteiger partial charge in [0.25, 0.3) is 11.8 Å². The predicted octanol–water partition coefficient (Wildman–Crippen LogP) is 6.03. The number of ether oxygens (including phenoxy) is 1. The Morgan fingerprint density at radius 2 is 1.69 bits per heavy atom. The van der Waals surface area contributed by atoms with Gasteiger partial charge in [-0.15, -0.1) is 0 Å². The first kappa shape index (κ1) is 43.1. The molecule has 7 rings (SSSR count). The van der Waals surface area contributed by atoms with Crippen LogP contribution in [-0.2, 0) is 18.9 Å². The highest BCUT2D eigenvalue weighted by atomic mass is 35.5. The third-order valence-electron chi connectivity index (χ3n) is 11.0. The number of hydrogen-bond acceptors (Lipinski definition) is 13. The smallest absolute Gasteiger partial charge is 0.264 e. The number of halogens is 1. The molecule has 1 unspecified atom stereocenters. The Morgan fingerprint density at radius 1 is 0.918 bits per heavy atom. The normalized spacial score (nSPS) is 16.9. The van der Waals surface area contributed by atoms with E-state index < -0.39 is 36.8 Å². The van der Waals surface area contributed by atoms with E-state index in [0.29, 0.717) is 64.3 Å². The fraction of sp³-hybridized carbons (Fsp3) is 0.372. The molecule has 0 saturated carbocycles. The Balaban J connectivity index is 0.840. The fourth-order valence-corrected chi connectivity index (χ4v) is 9.14. The van der Waals surface area contributed by atoms with E-state index >= 15 is 0 Å². The lowest BCUT2D eigenvalue weighted by atomic mass is 10.0. The number of anilines is 6. The van der Waals surface area contributed by atoms with Gasteiger partial charge in [-0.05, 0) is 81.8 Å². The van der Waals surface area contributed by atoms with E-state index in [1.807, 2.05) is 42.5 Å². The Hall–Kier alpha value is -5.99. The summed E-state index contributed by atoms with van der Waals surface area (Å²) in [5.41, 5.74) is 3.29. The highest BCUT2D eigenvalue weighted by molar-refractivity contribution is 7.70. The molecule has 18 heteroatoms. The van der Waals surface area contributed by atoms with Crippen LogP contribution in [0.15, 0.2) is 66.9 Å². The number of aromatic nitrogens is 2. The van der Waals surface area contributed by atoms with Crippen LogP contribution < -0.4 is 41.5 Å². The van der Waals surface area contributed by atoms with E-state index in [-0.39, 0.29) is 35.9 Å². The van der Waals surface area contributed by atoms with Gasteiger partial charge in [0, 0.05) is 61.3 Å². The van der Waals surface area contributed by atoms with Crippen molar-refractivity contribution < 1.29 is 33.3 Å². The fourth-order valence-electron chi connectivity index (χ4n) is 7.85. The summed E-state index contributed by atoms with van der Waals surface area (Å²) >= 11 is 6.45. The number of benzene rings is 3. The summed E-state index contributed by atoms with van der Waals surface area (Å²) in [4.78, 5) is 75.5. The van der Waals surface area contributed by atoms with E-state index in [2.05, 4.69) is 41.5 Å². The van der Waals surface area contributed by atoms with E-state index in [1.165, 1.54) is 6.20 Å². The molecule has 0 aliphatic carbocycles.